The first-order valence-electron chi connectivity index (χ1n) is 36.7. The Labute approximate surface area is 549 Å². The largest absolute Gasteiger partial charge is 0.472 e. The summed E-state index contributed by atoms with van der Waals surface area (Å²) in [6, 6.07) is 0. The maximum Gasteiger partial charge on any atom is 0.472 e. The smallest absolute Gasteiger partial charge is 0.462 e. The van der Waals surface area contributed by atoms with Gasteiger partial charge in [0.15, 0.2) is 12.2 Å². The monoisotopic (exact) mass is 1320 g/mol. The Kier molecular flexibility index (Phi) is 59.4. The molecule has 534 valence electrons. The van der Waals surface area contributed by atoms with E-state index in [2.05, 4.69) is 55.4 Å². The van der Waals surface area contributed by atoms with Gasteiger partial charge >= 0.3 is 39.5 Å². The van der Waals surface area contributed by atoms with E-state index in [-0.39, 0.29) is 25.7 Å². The lowest BCUT2D eigenvalue weighted by Gasteiger charge is -2.21. The van der Waals surface area contributed by atoms with Crippen LogP contribution in [0, 0.1) is 23.7 Å². The van der Waals surface area contributed by atoms with E-state index >= 15 is 0 Å². The maximum absolute atomic E-state index is 13.0. The van der Waals surface area contributed by atoms with Crippen molar-refractivity contribution in [3.8, 4) is 0 Å². The van der Waals surface area contributed by atoms with E-state index in [4.69, 9.17) is 37.0 Å². The molecule has 0 aliphatic carbocycles. The highest BCUT2D eigenvalue weighted by Gasteiger charge is 2.30. The number of carbonyl (C=O) groups excluding carboxylic acids is 4. The molecule has 4 unspecified atom stereocenters. The van der Waals surface area contributed by atoms with Gasteiger partial charge < -0.3 is 33.8 Å². The van der Waals surface area contributed by atoms with Crippen LogP contribution in [0.1, 0.15) is 351 Å². The third-order valence-electron chi connectivity index (χ3n) is 16.7. The number of rotatable bonds is 68. The fraction of sp³-hybridized carbons (Fsp3) is 0.944. The van der Waals surface area contributed by atoms with Crippen LogP contribution in [0.5, 0.6) is 0 Å². The molecular formula is C71H138O17P2. The van der Waals surface area contributed by atoms with E-state index in [1.165, 1.54) is 148 Å². The quantitative estimate of drug-likeness (QED) is 0.0222. The van der Waals surface area contributed by atoms with Crippen molar-refractivity contribution in [3.05, 3.63) is 0 Å². The SMILES string of the molecule is CCC(C)CCCCCCCCCCCCCCCCC(=O)O[C@H](COC(=O)CCCCCCCCCC(C)C)COP(=O)(O)OCC(O)COP(=O)(O)OC[C@@H](COC(=O)CCCCCCCCCCCCC(C)C)OC(=O)CCCCCCCCC(C)C. The molecule has 90 heavy (non-hydrogen) atoms. The average molecular weight is 1330 g/mol. The van der Waals surface area contributed by atoms with Crippen molar-refractivity contribution < 1.29 is 80.2 Å². The molecule has 0 radical (unpaired) electrons. The topological polar surface area (TPSA) is 237 Å². The van der Waals surface area contributed by atoms with Gasteiger partial charge in [-0.1, -0.05) is 299 Å². The summed E-state index contributed by atoms with van der Waals surface area (Å²) in [7, 11) is -9.90. The number of phosphoric ester groups is 2. The molecule has 6 atom stereocenters. The first kappa shape index (κ1) is 88.1. The van der Waals surface area contributed by atoms with Crippen LogP contribution >= 0.6 is 15.6 Å². The zero-order valence-corrected chi connectivity index (χ0v) is 60.6. The molecule has 0 rings (SSSR count). The number of hydrogen-bond donors (Lipinski definition) is 3. The third-order valence-corrected chi connectivity index (χ3v) is 18.6. The Morgan fingerprint density at radius 3 is 0.789 bits per heavy atom. The summed E-state index contributed by atoms with van der Waals surface area (Å²) in [4.78, 5) is 72.5. The van der Waals surface area contributed by atoms with E-state index in [0.717, 1.165) is 108 Å². The van der Waals surface area contributed by atoms with Gasteiger partial charge in [-0.15, -0.1) is 0 Å². The number of hydrogen-bond acceptors (Lipinski definition) is 15. The second-order valence-corrected chi connectivity index (χ2v) is 30.2. The summed E-state index contributed by atoms with van der Waals surface area (Å²) in [6.45, 7) is 14.1. The second-order valence-electron chi connectivity index (χ2n) is 27.3. The Hall–Kier alpha value is -1.94. The Morgan fingerprint density at radius 2 is 0.533 bits per heavy atom. The van der Waals surface area contributed by atoms with Crippen LogP contribution in [-0.4, -0.2) is 96.7 Å². The summed E-state index contributed by atoms with van der Waals surface area (Å²) in [6.07, 6.45) is 43.3. The van der Waals surface area contributed by atoms with Gasteiger partial charge in [0, 0.05) is 25.7 Å². The summed E-state index contributed by atoms with van der Waals surface area (Å²) in [5, 5.41) is 10.6. The Bertz CT molecular complexity index is 1780. The van der Waals surface area contributed by atoms with Gasteiger partial charge in [-0.3, -0.25) is 37.3 Å². The lowest BCUT2D eigenvalue weighted by atomic mass is 9.99. The van der Waals surface area contributed by atoms with Crippen LogP contribution in [0.15, 0.2) is 0 Å². The molecule has 0 amide bonds. The lowest BCUT2D eigenvalue weighted by Crippen LogP contribution is -2.30. The fourth-order valence-electron chi connectivity index (χ4n) is 10.6. The van der Waals surface area contributed by atoms with Crippen molar-refractivity contribution in [3.63, 3.8) is 0 Å². The van der Waals surface area contributed by atoms with Gasteiger partial charge in [-0.2, -0.15) is 0 Å². The van der Waals surface area contributed by atoms with Crippen LogP contribution in [-0.2, 0) is 65.4 Å². The number of aliphatic hydroxyl groups excluding tert-OH is 1. The minimum Gasteiger partial charge on any atom is -0.462 e. The number of esters is 4. The van der Waals surface area contributed by atoms with Crippen LogP contribution in [0.3, 0.4) is 0 Å². The van der Waals surface area contributed by atoms with Gasteiger partial charge in [-0.05, 0) is 49.4 Å². The van der Waals surface area contributed by atoms with Crippen LogP contribution in [0.4, 0.5) is 0 Å². The molecule has 0 spiro atoms. The molecule has 0 aromatic carbocycles. The number of aliphatic hydroxyl groups is 1. The molecule has 0 fully saturated rings. The molecular weight excluding hydrogens is 1190 g/mol. The zero-order valence-electron chi connectivity index (χ0n) is 58.8. The van der Waals surface area contributed by atoms with E-state index in [1.807, 2.05) is 0 Å². The summed E-state index contributed by atoms with van der Waals surface area (Å²) < 4.78 is 68.2. The Balaban J connectivity index is 5.20. The molecule has 0 aromatic heterocycles. The van der Waals surface area contributed by atoms with Gasteiger partial charge in [0.1, 0.15) is 19.3 Å². The number of ether oxygens (including phenoxy) is 4. The fourth-order valence-corrected chi connectivity index (χ4v) is 12.2. The number of unbranched alkanes of at least 4 members (excludes halogenated alkanes) is 33. The molecule has 0 aliphatic heterocycles. The van der Waals surface area contributed by atoms with E-state index < -0.39 is 97.5 Å². The molecule has 19 heteroatoms. The molecule has 0 aliphatic rings. The van der Waals surface area contributed by atoms with E-state index in [9.17, 15) is 43.2 Å². The second kappa shape index (κ2) is 60.7. The van der Waals surface area contributed by atoms with Crippen molar-refractivity contribution in [1.82, 2.24) is 0 Å². The van der Waals surface area contributed by atoms with Crippen LogP contribution in [0.25, 0.3) is 0 Å². The van der Waals surface area contributed by atoms with Crippen molar-refractivity contribution in [1.29, 1.82) is 0 Å². The Morgan fingerprint density at radius 1 is 0.311 bits per heavy atom. The van der Waals surface area contributed by atoms with Crippen molar-refractivity contribution in [2.24, 2.45) is 23.7 Å². The zero-order chi connectivity index (χ0) is 66.8. The molecule has 17 nitrogen and oxygen atoms in total. The number of phosphoric acid groups is 2. The summed E-state index contributed by atoms with van der Waals surface area (Å²) >= 11 is 0. The molecule has 0 bridgehead atoms. The molecule has 0 heterocycles. The first-order valence-corrected chi connectivity index (χ1v) is 39.7. The minimum absolute atomic E-state index is 0.101. The average Bonchev–Trinajstić information content (AvgIpc) is 2.89. The molecule has 0 saturated heterocycles. The van der Waals surface area contributed by atoms with Crippen molar-refractivity contribution in [2.45, 2.75) is 369 Å². The summed E-state index contributed by atoms with van der Waals surface area (Å²) in [5.74, 6) is 0.846. The highest BCUT2D eigenvalue weighted by atomic mass is 31.2. The van der Waals surface area contributed by atoms with Gasteiger partial charge in [0.2, 0.25) is 0 Å². The normalized spacial score (nSPS) is 14.6. The molecule has 0 saturated carbocycles. The maximum atomic E-state index is 13.0. The highest BCUT2D eigenvalue weighted by molar-refractivity contribution is 7.47. The predicted molar refractivity (Wildman–Crippen MR) is 363 cm³/mol. The third kappa shape index (κ3) is 63.5. The lowest BCUT2D eigenvalue weighted by molar-refractivity contribution is -0.161. The highest BCUT2D eigenvalue weighted by Crippen LogP contribution is 2.45. The van der Waals surface area contributed by atoms with Crippen LogP contribution < -0.4 is 0 Å². The van der Waals surface area contributed by atoms with E-state index in [0.29, 0.717) is 37.5 Å². The van der Waals surface area contributed by atoms with Gasteiger partial charge in [0.25, 0.3) is 0 Å². The van der Waals surface area contributed by atoms with Crippen LogP contribution in [0.2, 0.25) is 0 Å². The molecule has 3 N–H and O–H groups in total. The van der Waals surface area contributed by atoms with Gasteiger partial charge in [-0.25, -0.2) is 9.13 Å². The standard InChI is InChI=1S/C71H138O17P2/c1-9-64(8)50-42-34-25-19-14-12-10-11-13-15-21-27-37-45-53-70(75)87-66(57-82-69(74)52-44-36-28-22-24-32-40-48-62(4)5)59-85-89(77,78)83-55-65(72)56-84-90(79,80)86-60-67(88-71(76)54-46-38-30-29-33-41-49-63(6)7)58-81-68(73)51-43-35-26-20-17-16-18-23-31-39-47-61(2)3/h61-67,72H,9-60H2,1-8H3,(H,77,78)(H,79,80)/t64?,65?,66-,67-/m1/s1. The molecule has 0 aromatic rings. The van der Waals surface area contributed by atoms with E-state index in [1.54, 1.807) is 0 Å². The summed E-state index contributed by atoms with van der Waals surface area (Å²) in [5.41, 5.74) is 0. The first-order chi connectivity index (χ1) is 43.1. The van der Waals surface area contributed by atoms with Crippen molar-refractivity contribution in [2.75, 3.05) is 39.6 Å². The minimum atomic E-state index is -4.95. The predicted octanol–water partition coefficient (Wildman–Crippen LogP) is 20.1. The van der Waals surface area contributed by atoms with Crippen molar-refractivity contribution >= 4 is 39.5 Å². The van der Waals surface area contributed by atoms with Gasteiger partial charge in [0.05, 0.1) is 26.4 Å². The number of carbonyl (C=O) groups is 4.